The number of rotatable bonds is 1. The van der Waals surface area contributed by atoms with Gasteiger partial charge in [0.1, 0.15) is 0 Å². The zero-order valence-electron chi connectivity index (χ0n) is 9.09. The van der Waals surface area contributed by atoms with Gasteiger partial charge in [-0.25, -0.2) is 0 Å². The molecule has 1 N–H and O–H groups in total. The Morgan fingerprint density at radius 1 is 1.46 bits per heavy atom. The van der Waals surface area contributed by atoms with E-state index < -0.39 is 0 Å². The van der Waals surface area contributed by atoms with Crippen molar-refractivity contribution in [3.05, 3.63) is 11.1 Å². The molecule has 0 heterocycles. The summed E-state index contributed by atoms with van der Waals surface area (Å²) in [6, 6.07) is 0. The van der Waals surface area contributed by atoms with E-state index in [1.54, 1.807) is 0 Å². The van der Waals surface area contributed by atoms with Gasteiger partial charge in [-0.05, 0) is 49.5 Å². The van der Waals surface area contributed by atoms with Crippen molar-refractivity contribution in [1.82, 2.24) is 0 Å². The van der Waals surface area contributed by atoms with E-state index in [4.69, 9.17) is 0 Å². The van der Waals surface area contributed by atoms with E-state index in [0.29, 0.717) is 11.3 Å². The van der Waals surface area contributed by atoms with E-state index in [0.717, 1.165) is 5.92 Å². The van der Waals surface area contributed by atoms with E-state index in [1.807, 2.05) is 6.92 Å². The number of hydrogen-bond donors (Lipinski definition) is 1. The van der Waals surface area contributed by atoms with Crippen molar-refractivity contribution in [1.29, 1.82) is 0 Å². The summed E-state index contributed by atoms with van der Waals surface area (Å²) in [5.74, 6) is 1.53. The van der Waals surface area contributed by atoms with Crippen molar-refractivity contribution in [3.63, 3.8) is 0 Å². The first-order valence-electron chi connectivity index (χ1n) is 5.34. The van der Waals surface area contributed by atoms with Gasteiger partial charge in [0.05, 0.1) is 6.10 Å². The Hall–Kier alpha value is -0.300. The third-order valence-corrected chi connectivity index (χ3v) is 4.16. The third kappa shape index (κ3) is 1.17. The lowest BCUT2D eigenvalue weighted by atomic mass is 9.89. The second-order valence-electron chi connectivity index (χ2n) is 5.36. The summed E-state index contributed by atoms with van der Waals surface area (Å²) in [7, 11) is 0. The Kier molecular flexibility index (Phi) is 1.85. The molecule has 0 saturated heterocycles. The molecular weight excluding hydrogens is 160 g/mol. The fraction of sp³-hybridized carbons (Fsp3) is 0.833. The van der Waals surface area contributed by atoms with Crippen LogP contribution in [0.1, 0.15) is 40.5 Å². The molecule has 0 radical (unpaired) electrons. The standard InChI is InChI=1S/C12H20O/c1-7-5-6-9-11(12(9,3)4)10(7)8(2)13/h8-9,11,13H,5-6H2,1-4H3. The fourth-order valence-corrected chi connectivity index (χ4v) is 3.30. The summed E-state index contributed by atoms with van der Waals surface area (Å²) in [5, 5.41) is 9.72. The SMILES string of the molecule is CC1=C(C(C)O)C2C(CC1)C2(C)C. The summed E-state index contributed by atoms with van der Waals surface area (Å²) >= 11 is 0. The van der Waals surface area contributed by atoms with Crippen LogP contribution < -0.4 is 0 Å². The highest BCUT2D eigenvalue weighted by Crippen LogP contribution is 2.66. The summed E-state index contributed by atoms with van der Waals surface area (Å²) in [6.07, 6.45) is 2.31. The van der Waals surface area contributed by atoms with Crippen LogP contribution in [0.5, 0.6) is 0 Å². The topological polar surface area (TPSA) is 20.2 Å². The summed E-state index contributed by atoms with van der Waals surface area (Å²) < 4.78 is 0. The van der Waals surface area contributed by atoms with Gasteiger partial charge in [0.15, 0.2) is 0 Å². The number of fused-ring (bicyclic) bond motifs is 1. The van der Waals surface area contributed by atoms with Gasteiger partial charge in [0.25, 0.3) is 0 Å². The predicted molar refractivity (Wildman–Crippen MR) is 54.4 cm³/mol. The van der Waals surface area contributed by atoms with Gasteiger partial charge < -0.3 is 5.11 Å². The van der Waals surface area contributed by atoms with Crippen molar-refractivity contribution < 1.29 is 5.11 Å². The highest BCUT2D eigenvalue weighted by molar-refractivity contribution is 5.33. The van der Waals surface area contributed by atoms with E-state index in [2.05, 4.69) is 20.8 Å². The molecule has 1 heteroatoms. The minimum absolute atomic E-state index is 0.227. The number of aliphatic hydroxyl groups excluding tert-OH is 1. The Labute approximate surface area is 80.8 Å². The smallest absolute Gasteiger partial charge is 0.0727 e. The minimum Gasteiger partial charge on any atom is -0.389 e. The molecule has 1 nitrogen and oxygen atoms in total. The van der Waals surface area contributed by atoms with Crippen LogP contribution in [0.2, 0.25) is 0 Å². The Balaban J connectivity index is 2.31. The van der Waals surface area contributed by atoms with Gasteiger partial charge >= 0.3 is 0 Å². The zero-order chi connectivity index (χ0) is 9.80. The molecule has 13 heavy (non-hydrogen) atoms. The average molecular weight is 180 g/mol. The Bertz CT molecular complexity index is 260. The lowest BCUT2D eigenvalue weighted by Crippen LogP contribution is -2.13. The fourth-order valence-electron chi connectivity index (χ4n) is 3.30. The minimum atomic E-state index is -0.227. The maximum absolute atomic E-state index is 9.72. The third-order valence-electron chi connectivity index (χ3n) is 4.16. The molecule has 2 aliphatic carbocycles. The lowest BCUT2D eigenvalue weighted by Gasteiger charge is -2.19. The van der Waals surface area contributed by atoms with Crippen molar-refractivity contribution in [2.75, 3.05) is 0 Å². The van der Waals surface area contributed by atoms with Crippen LogP contribution in [-0.2, 0) is 0 Å². The Morgan fingerprint density at radius 3 is 2.54 bits per heavy atom. The van der Waals surface area contributed by atoms with Gasteiger partial charge in [-0.15, -0.1) is 0 Å². The van der Waals surface area contributed by atoms with E-state index in [1.165, 1.54) is 24.0 Å². The monoisotopic (exact) mass is 180 g/mol. The molecule has 2 aliphatic rings. The molecule has 0 amide bonds. The van der Waals surface area contributed by atoms with Crippen molar-refractivity contribution >= 4 is 0 Å². The average Bonchev–Trinajstić information content (AvgIpc) is 2.53. The van der Waals surface area contributed by atoms with Gasteiger partial charge in [0.2, 0.25) is 0 Å². The van der Waals surface area contributed by atoms with Crippen molar-refractivity contribution in [2.45, 2.75) is 46.6 Å². The van der Waals surface area contributed by atoms with Crippen LogP contribution in [0.15, 0.2) is 11.1 Å². The molecule has 2 rings (SSSR count). The molecule has 0 aromatic heterocycles. The van der Waals surface area contributed by atoms with Gasteiger partial charge in [-0.1, -0.05) is 19.4 Å². The summed E-state index contributed by atoms with van der Waals surface area (Å²) in [6.45, 7) is 8.77. The molecule has 74 valence electrons. The quantitative estimate of drug-likeness (QED) is 0.615. The zero-order valence-corrected chi connectivity index (χ0v) is 9.09. The molecule has 1 fully saturated rings. The molecule has 0 aliphatic heterocycles. The number of allylic oxidation sites excluding steroid dienone is 1. The first-order valence-corrected chi connectivity index (χ1v) is 5.34. The van der Waals surface area contributed by atoms with E-state index in [-0.39, 0.29) is 6.10 Å². The first kappa shape index (κ1) is 9.26. The second kappa shape index (κ2) is 2.60. The van der Waals surface area contributed by atoms with Crippen LogP contribution in [0, 0.1) is 17.3 Å². The maximum Gasteiger partial charge on any atom is 0.0727 e. The van der Waals surface area contributed by atoms with Gasteiger partial charge in [0, 0.05) is 0 Å². The Morgan fingerprint density at radius 2 is 2.08 bits per heavy atom. The highest BCUT2D eigenvalue weighted by Gasteiger charge is 2.60. The second-order valence-corrected chi connectivity index (χ2v) is 5.36. The van der Waals surface area contributed by atoms with Crippen LogP contribution >= 0.6 is 0 Å². The number of aliphatic hydroxyl groups is 1. The lowest BCUT2D eigenvalue weighted by molar-refractivity contribution is 0.218. The molecule has 3 unspecified atom stereocenters. The van der Waals surface area contributed by atoms with Crippen molar-refractivity contribution in [3.8, 4) is 0 Å². The summed E-state index contributed by atoms with van der Waals surface area (Å²) in [5.41, 5.74) is 3.26. The van der Waals surface area contributed by atoms with Gasteiger partial charge in [-0.3, -0.25) is 0 Å². The number of hydrogen-bond acceptors (Lipinski definition) is 1. The van der Waals surface area contributed by atoms with Crippen LogP contribution in [-0.4, -0.2) is 11.2 Å². The van der Waals surface area contributed by atoms with E-state index >= 15 is 0 Å². The predicted octanol–water partition coefficient (Wildman–Crippen LogP) is 2.75. The highest BCUT2D eigenvalue weighted by atomic mass is 16.3. The molecule has 0 bridgehead atoms. The molecule has 1 saturated carbocycles. The normalized spacial score (nSPS) is 38.5. The molecule has 0 spiro atoms. The first-order chi connectivity index (χ1) is 5.96. The van der Waals surface area contributed by atoms with Crippen LogP contribution in [0.3, 0.4) is 0 Å². The maximum atomic E-state index is 9.72. The van der Waals surface area contributed by atoms with E-state index in [9.17, 15) is 5.11 Å². The molecular formula is C12H20O. The summed E-state index contributed by atoms with van der Waals surface area (Å²) in [4.78, 5) is 0. The van der Waals surface area contributed by atoms with Crippen LogP contribution in [0.4, 0.5) is 0 Å². The van der Waals surface area contributed by atoms with Crippen LogP contribution in [0.25, 0.3) is 0 Å². The largest absolute Gasteiger partial charge is 0.389 e. The van der Waals surface area contributed by atoms with Gasteiger partial charge in [-0.2, -0.15) is 0 Å². The molecule has 0 aromatic carbocycles. The van der Waals surface area contributed by atoms with Crippen molar-refractivity contribution in [2.24, 2.45) is 17.3 Å². The molecule has 0 aromatic rings. The molecule has 3 atom stereocenters.